The van der Waals surface area contributed by atoms with Crippen LogP contribution in [0.4, 0.5) is 5.88 Å². The fourth-order valence-electron chi connectivity index (χ4n) is 1.45. The van der Waals surface area contributed by atoms with Crippen molar-refractivity contribution < 1.29 is 4.52 Å². The Balaban J connectivity index is 2.23. The summed E-state index contributed by atoms with van der Waals surface area (Å²) in [6.07, 6.45) is 1.64. The average Bonchev–Trinajstić information content (AvgIpc) is 2.65. The maximum Gasteiger partial charge on any atom is 0.229 e. The van der Waals surface area contributed by atoms with Crippen molar-refractivity contribution in [3.63, 3.8) is 0 Å². The highest BCUT2D eigenvalue weighted by atomic mass is 32.2. The van der Waals surface area contributed by atoms with Crippen LogP contribution in [0.15, 0.2) is 39.9 Å². The van der Waals surface area contributed by atoms with Crippen molar-refractivity contribution in [2.75, 3.05) is 5.73 Å². The van der Waals surface area contributed by atoms with Gasteiger partial charge >= 0.3 is 0 Å². The van der Waals surface area contributed by atoms with E-state index >= 15 is 0 Å². The van der Waals surface area contributed by atoms with Crippen LogP contribution in [0.3, 0.4) is 0 Å². The summed E-state index contributed by atoms with van der Waals surface area (Å²) < 4.78 is 4.84. The van der Waals surface area contributed by atoms with E-state index in [1.54, 1.807) is 6.20 Å². The van der Waals surface area contributed by atoms with Crippen LogP contribution in [0.1, 0.15) is 13.8 Å². The highest BCUT2D eigenvalue weighted by molar-refractivity contribution is 7.99. The lowest BCUT2D eigenvalue weighted by Crippen LogP contribution is -1.87. The highest BCUT2D eigenvalue weighted by Crippen LogP contribution is 2.29. The molecule has 3 nitrogen and oxygen atoms in total. The summed E-state index contributed by atoms with van der Waals surface area (Å²) in [5.74, 6) is 0.365. The molecule has 0 saturated heterocycles. The normalized spacial score (nSPS) is 10.9. The van der Waals surface area contributed by atoms with Gasteiger partial charge in [0.15, 0.2) is 0 Å². The molecule has 4 heteroatoms. The van der Waals surface area contributed by atoms with Gasteiger partial charge < -0.3 is 10.3 Å². The van der Waals surface area contributed by atoms with Gasteiger partial charge in [0.2, 0.25) is 5.88 Å². The summed E-state index contributed by atoms with van der Waals surface area (Å²) >= 11 is 1.84. The molecule has 2 N–H and O–H groups in total. The number of anilines is 1. The Labute approximate surface area is 99.0 Å². The summed E-state index contributed by atoms with van der Waals surface area (Å²) in [5.41, 5.74) is 7.54. The van der Waals surface area contributed by atoms with E-state index in [0.717, 1.165) is 11.1 Å². The van der Waals surface area contributed by atoms with Crippen LogP contribution < -0.4 is 5.73 Å². The molecule has 0 unspecified atom stereocenters. The first-order valence-corrected chi connectivity index (χ1v) is 6.02. The van der Waals surface area contributed by atoms with Gasteiger partial charge in [0.05, 0.1) is 11.8 Å². The molecule has 0 atom stereocenters. The van der Waals surface area contributed by atoms with Crippen molar-refractivity contribution in [3.05, 3.63) is 30.5 Å². The molecule has 0 amide bonds. The van der Waals surface area contributed by atoms with Gasteiger partial charge in [-0.15, -0.1) is 11.8 Å². The Kier molecular flexibility index (Phi) is 3.19. The number of benzene rings is 1. The molecule has 1 heterocycles. The highest BCUT2D eigenvalue weighted by Gasteiger charge is 2.06. The largest absolute Gasteiger partial charge is 0.367 e. The monoisotopic (exact) mass is 234 g/mol. The third-order valence-electron chi connectivity index (χ3n) is 2.14. The molecule has 2 aromatic rings. The zero-order chi connectivity index (χ0) is 11.5. The lowest BCUT2D eigenvalue weighted by molar-refractivity contribution is 0.436. The second-order valence-corrected chi connectivity index (χ2v) is 5.44. The van der Waals surface area contributed by atoms with Crippen molar-refractivity contribution in [2.24, 2.45) is 0 Å². The number of aromatic nitrogens is 1. The number of hydrogen-bond donors (Lipinski definition) is 1. The fourth-order valence-corrected chi connectivity index (χ4v) is 2.29. The topological polar surface area (TPSA) is 52.0 Å². The van der Waals surface area contributed by atoms with Gasteiger partial charge in [0.1, 0.15) is 0 Å². The Bertz CT molecular complexity index is 462. The lowest BCUT2D eigenvalue weighted by Gasteiger charge is -2.05. The minimum Gasteiger partial charge on any atom is -0.367 e. The predicted molar refractivity (Wildman–Crippen MR) is 67.3 cm³/mol. The fraction of sp³-hybridized carbons (Fsp3) is 0.250. The minimum absolute atomic E-state index is 0.365. The van der Waals surface area contributed by atoms with E-state index in [1.165, 1.54) is 4.90 Å². The Morgan fingerprint density at radius 2 is 1.94 bits per heavy atom. The number of nitrogen functional groups attached to an aromatic ring is 1. The van der Waals surface area contributed by atoms with Crippen LogP contribution in [0.25, 0.3) is 11.1 Å². The van der Waals surface area contributed by atoms with Crippen molar-refractivity contribution in [1.82, 2.24) is 5.16 Å². The molecule has 84 valence electrons. The first kappa shape index (κ1) is 11.1. The van der Waals surface area contributed by atoms with E-state index in [9.17, 15) is 0 Å². The lowest BCUT2D eigenvalue weighted by atomic mass is 10.1. The van der Waals surface area contributed by atoms with Crippen molar-refractivity contribution in [2.45, 2.75) is 24.0 Å². The maximum atomic E-state index is 5.66. The van der Waals surface area contributed by atoms with E-state index in [4.69, 9.17) is 10.3 Å². The molecular formula is C12H14N2OS. The van der Waals surface area contributed by atoms with Crippen LogP contribution in [-0.2, 0) is 0 Å². The number of thioether (sulfide) groups is 1. The van der Waals surface area contributed by atoms with Gasteiger partial charge in [-0.2, -0.15) is 0 Å². The van der Waals surface area contributed by atoms with Crippen molar-refractivity contribution in [1.29, 1.82) is 0 Å². The van der Waals surface area contributed by atoms with Crippen LogP contribution in [0.2, 0.25) is 0 Å². The number of hydrogen-bond acceptors (Lipinski definition) is 4. The minimum atomic E-state index is 0.365. The summed E-state index contributed by atoms with van der Waals surface area (Å²) in [6, 6.07) is 8.25. The molecule has 16 heavy (non-hydrogen) atoms. The molecule has 0 aliphatic heterocycles. The van der Waals surface area contributed by atoms with Gasteiger partial charge in [0.25, 0.3) is 0 Å². The van der Waals surface area contributed by atoms with E-state index in [1.807, 2.05) is 23.9 Å². The third-order valence-corrected chi connectivity index (χ3v) is 3.15. The number of rotatable bonds is 3. The SMILES string of the molecule is CC(C)Sc1ccc(-c2cnoc2N)cc1. The van der Waals surface area contributed by atoms with Gasteiger partial charge in [-0.05, 0) is 17.7 Å². The standard InChI is InChI=1S/C12H14N2OS/c1-8(2)16-10-5-3-9(4-6-10)11-7-14-15-12(11)13/h3-8H,13H2,1-2H3. The Morgan fingerprint density at radius 3 is 2.44 bits per heavy atom. The molecule has 0 radical (unpaired) electrons. The van der Waals surface area contributed by atoms with Crippen LogP contribution in [0, 0.1) is 0 Å². The maximum absolute atomic E-state index is 5.66. The number of nitrogens with zero attached hydrogens (tertiary/aromatic N) is 1. The smallest absolute Gasteiger partial charge is 0.229 e. The molecule has 0 spiro atoms. The average molecular weight is 234 g/mol. The van der Waals surface area contributed by atoms with Gasteiger partial charge in [-0.3, -0.25) is 0 Å². The van der Waals surface area contributed by atoms with Crippen LogP contribution >= 0.6 is 11.8 Å². The quantitative estimate of drug-likeness (QED) is 0.827. The molecule has 1 aromatic heterocycles. The summed E-state index contributed by atoms with van der Waals surface area (Å²) in [7, 11) is 0. The Morgan fingerprint density at radius 1 is 1.25 bits per heavy atom. The number of nitrogens with two attached hydrogens (primary N) is 1. The molecule has 0 saturated carbocycles. The molecule has 0 fully saturated rings. The Hall–Kier alpha value is -1.42. The summed E-state index contributed by atoms with van der Waals surface area (Å²) in [6.45, 7) is 4.35. The van der Waals surface area contributed by atoms with Gasteiger partial charge in [0, 0.05) is 10.1 Å². The van der Waals surface area contributed by atoms with Crippen LogP contribution in [-0.4, -0.2) is 10.4 Å². The van der Waals surface area contributed by atoms with Crippen LogP contribution in [0.5, 0.6) is 0 Å². The molecular weight excluding hydrogens is 220 g/mol. The molecule has 0 aliphatic carbocycles. The third kappa shape index (κ3) is 2.39. The molecule has 0 aliphatic rings. The van der Waals surface area contributed by atoms with E-state index in [2.05, 4.69) is 31.1 Å². The first-order chi connectivity index (χ1) is 7.66. The van der Waals surface area contributed by atoms with Gasteiger partial charge in [-0.1, -0.05) is 31.1 Å². The van der Waals surface area contributed by atoms with E-state index in [0.29, 0.717) is 11.1 Å². The zero-order valence-corrected chi connectivity index (χ0v) is 10.1. The zero-order valence-electron chi connectivity index (χ0n) is 9.31. The second-order valence-electron chi connectivity index (χ2n) is 3.79. The first-order valence-electron chi connectivity index (χ1n) is 5.14. The molecule has 1 aromatic carbocycles. The predicted octanol–water partition coefficient (Wildman–Crippen LogP) is 3.42. The second kappa shape index (κ2) is 4.61. The van der Waals surface area contributed by atoms with Crippen molar-refractivity contribution >= 4 is 17.6 Å². The summed E-state index contributed by atoms with van der Waals surface area (Å²) in [5, 5.41) is 4.25. The van der Waals surface area contributed by atoms with Crippen molar-refractivity contribution in [3.8, 4) is 11.1 Å². The van der Waals surface area contributed by atoms with E-state index < -0.39 is 0 Å². The summed E-state index contributed by atoms with van der Waals surface area (Å²) in [4.78, 5) is 1.26. The molecule has 0 bridgehead atoms. The molecule has 2 rings (SSSR count). The van der Waals surface area contributed by atoms with Gasteiger partial charge in [-0.25, -0.2) is 0 Å². The van der Waals surface area contributed by atoms with E-state index in [-0.39, 0.29) is 0 Å².